The summed E-state index contributed by atoms with van der Waals surface area (Å²) in [7, 11) is 1.52. The number of hydrogen-bond acceptors (Lipinski definition) is 10. The average Bonchev–Trinajstić information content (AvgIpc) is 3.69. The Morgan fingerprint density at radius 1 is 0.917 bits per heavy atom. The van der Waals surface area contributed by atoms with Crippen LogP contribution in [0.25, 0.3) is 5.76 Å². The molecule has 6 rings (SSSR count). The number of amides is 1. The SMILES string of the molecule is CCOc1ccc(C2C(=C(O)c3ccc(OCc4ccccc4C)cc3)C(=O)C(=O)N2c2nnc(SCc3ccccc3)s2)cc1OC. The third kappa shape index (κ3) is 6.92. The normalized spacial score (nSPS) is 15.5. The molecule has 2 heterocycles. The summed E-state index contributed by atoms with van der Waals surface area (Å²) in [5, 5.41) is 20.5. The lowest BCUT2D eigenvalue weighted by Gasteiger charge is -2.23. The molecule has 0 saturated carbocycles. The fourth-order valence-electron chi connectivity index (χ4n) is 5.35. The maximum Gasteiger partial charge on any atom is 0.301 e. The van der Waals surface area contributed by atoms with Crippen LogP contribution in [-0.2, 0) is 21.9 Å². The number of rotatable bonds is 12. The molecule has 48 heavy (non-hydrogen) atoms. The second kappa shape index (κ2) is 14.7. The van der Waals surface area contributed by atoms with Crippen LogP contribution in [-0.4, -0.2) is 40.7 Å². The Kier molecular flexibility index (Phi) is 10.1. The van der Waals surface area contributed by atoms with E-state index in [1.807, 2.05) is 68.4 Å². The van der Waals surface area contributed by atoms with Crippen molar-refractivity contribution in [2.75, 3.05) is 18.6 Å². The zero-order valence-corrected chi connectivity index (χ0v) is 28.2. The topological polar surface area (TPSA) is 111 Å². The van der Waals surface area contributed by atoms with Crippen molar-refractivity contribution in [1.29, 1.82) is 0 Å². The Balaban J connectivity index is 1.35. The molecular weight excluding hydrogens is 647 g/mol. The molecule has 1 amide bonds. The maximum atomic E-state index is 13.7. The molecule has 1 atom stereocenters. The van der Waals surface area contributed by atoms with E-state index < -0.39 is 17.7 Å². The summed E-state index contributed by atoms with van der Waals surface area (Å²) in [4.78, 5) is 28.8. The molecule has 1 saturated heterocycles. The molecule has 0 aliphatic carbocycles. The Bertz CT molecular complexity index is 1960. The minimum Gasteiger partial charge on any atom is -0.507 e. The number of nitrogens with zero attached hydrogens (tertiary/aromatic N) is 3. The van der Waals surface area contributed by atoms with Gasteiger partial charge in [-0.1, -0.05) is 83.8 Å². The number of aromatic nitrogens is 2. The second-order valence-electron chi connectivity index (χ2n) is 10.9. The summed E-state index contributed by atoms with van der Waals surface area (Å²) in [5.74, 6) is 0.226. The van der Waals surface area contributed by atoms with Crippen molar-refractivity contribution in [3.05, 3.63) is 130 Å². The fraction of sp³-hybridized carbons (Fsp3) is 0.189. The van der Waals surface area contributed by atoms with Crippen LogP contribution < -0.4 is 19.1 Å². The highest BCUT2D eigenvalue weighted by atomic mass is 32.2. The van der Waals surface area contributed by atoms with E-state index in [2.05, 4.69) is 10.2 Å². The van der Waals surface area contributed by atoms with E-state index in [0.717, 1.165) is 16.7 Å². The van der Waals surface area contributed by atoms with Crippen LogP contribution in [0.2, 0.25) is 0 Å². The molecule has 5 aromatic rings. The number of methoxy groups -OCH3 is 1. The highest BCUT2D eigenvalue weighted by Crippen LogP contribution is 2.45. The van der Waals surface area contributed by atoms with Crippen LogP contribution in [0.1, 0.15) is 40.8 Å². The van der Waals surface area contributed by atoms with E-state index in [0.29, 0.717) is 51.7 Å². The highest BCUT2D eigenvalue weighted by Gasteiger charge is 2.48. The van der Waals surface area contributed by atoms with Gasteiger partial charge >= 0.3 is 5.91 Å². The van der Waals surface area contributed by atoms with Crippen molar-refractivity contribution >= 4 is 45.7 Å². The Labute approximate surface area is 286 Å². The van der Waals surface area contributed by atoms with Gasteiger partial charge in [0.1, 0.15) is 18.1 Å². The number of aryl methyl sites for hydroxylation is 1. The van der Waals surface area contributed by atoms with Gasteiger partial charge in [0.05, 0.1) is 25.3 Å². The molecule has 0 bridgehead atoms. The van der Waals surface area contributed by atoms with Crippen molar-refractivity contribution in [2.45, 2.75) is 36.6 Å². The summed E-state index contributed by atoms with van der Waals surface area (Å²) in [6.45, 7) is 4.70. The average molecular weight is 680 g/mol. The molecule has 0 radical (unpaired) electrons. The van der Waals surface area contributed by atoms with Gasteiger partial charge < -0.3 is 19.3 Å². The van der Waals surface area contributed by atoms with Gasteiger partial charge in [-0.3, -0.25) is 14.5 Å². The van der Waals surface area contributed by atoms with E-state index in [1.54, 1.807) is 42.5 Å². The number of anilines is 1. The molecule has 1 unspecified atom stereocenters. The van der Waals surface area contributed by atoms with Crippen molar-refractivity contribution in [3.63, 3.8) is 0 Å². The van der Waals surface area contributed by atoms with Gasteiger partial charge in [-0.25, -0.2) is 0 Å². The van der Waals surface area contributed by atoms with Gasteiger partial charge in [0, 0.05) is 11.3 Å². The van der Waals surface area contributed by atoms with Gasteiger partial charge in [-0.15, -0.1) is 10.2 Å². The number of carbonyl (C=O) groups is 2. The number of ketones is 1. The predicted octanol–water partition coefficient (Wildman–Crippen LogP) is 7.75. The Morgan fingerprint density at radius 2 is 1.67 bits per heavy atom. The van der Waals surface area contributed by atoms with Crippen molar-refractivity contribution in [3.8, 4) is 17.2 Å². The summed E-state index contributed by atoms with van der Waals surface area (Å²) in [5.41, 5.74) is 4.12. The van der Waals surface area contributed by atoms with Crippen molar-refractivity contribution < 1.29 is 28.9 Å². The van der Waals surface area contributed by atoms with Gasteiger partial charge in [-0.2, -0.15) is 0 Å². The van der Waals surface area contributed by atoms with Crippen LogP contribution in [0.15, 0.2) is 107 Å². The number of aliphatic hydroxyl groups excluding tert-OH is 1. The smallest absolute Gasteiger partial charge is 0.301 e. The lowest BCUT2D eigenvalue weighted by Crippen LogP contribution is -2.29. The second-order valence-corrected chi connectivity index (χ2v) is 13.1. The first-order valence-corrected chi connectivity index (χ1v) is 17.1. The van der Waals surface area contributed by atoms with Crippen LogP contribution in [0.3, 0.4) is 0 Å². The molecule has 1 aliphatic rings. The van der Waals surface area contributed by atoms with E-state index in [1.165, 1.54) is 35.1 Å². The zero-order chi connectivity index (χ0) is 33.6. The first kappa shape index (κ1) is 32.8. The Hall–Kier alpha value is -5.13. The molecule has 1 fully saturated rings. The molecule has 4 aromatic carbocycles. The molecule has 1 aromatic heterocycles. The largest absolute Gasteiger partial charge is 0.507 e. The third-order valence-corrected chi connectivity index (χ3v) is 9.97. The zero-order valence-electron chi connectivity index (χ0n) is 26.6. The summed E-state index contributed by atoms with van der Waals surface area (Å²) >= 11 is 2.69. The summed E-state index contributed by atoms with van der Waals surface area (Å²) < 4.78 is 17.9. The number of hydrogen-bond donors (Lipinski definition) is 1. The number of carbonyl (C=O) groups excluding carboxylic acids is 2. The van der Waals surface area contributed by atoms with Crippen LogP contribution in [0, 0.1) is 6.92 Å². The predicted molar refractivity (Wildman–Crippen MR) is 187 cm³/mol. The van der Waals surface area contributed by atoms with Gasteiger partial charge in [0.15, 0.2) is 15.8 Å². The van der Waals surface area contributed by atoms with E-state index >= 15 is 0 Å². The lowest BCUT2D eigenvalue weighted by atomic mass is 9.95. The quantitative estimate of drug-likeness (QED) is 0.0465. The van der Waals surface area contributed by atoms with E-state index in [-0.39, 0.29) is 16.5 Å². The lowest BCUT2D eigenvalue weighted by molar-refractivity contribution is -0.132. The van der Waals surface area contributed by atoms with Gasteiger partial charge in [0.25, 0.3) is 5.78 Å². The summed E-state index contributed by atoms with van der Waals surface area (Å²) in [6, 6.07) is 28.9. The van der Waals surface area contributed by atoms with E-state index in [4.69, 9.17) is 14.2 Å². The molecule has 1 aliphatic heterocycles. The molecule has 0 spiro atoms. The molecule has 1 N–H and O–H groups in total. The van der Waals surface area contributed by atoms with Crippen molar-refractivity contribution in [1.82, 2.24) is 10.2 Å². The molecule has 244 valence electrons. The van der Waals surface area contributed by atoms with E-state index in [9.17, 15) is 14.7 Å². The third-order valence-electron chi connectivity index (χ3n) is 7.84. The van der Waals surface area contributed by atoms with Crippen molar-refractivity contribution in [2.24, 2.45) is 0 Å². The number of benzene rings is 4. The summed E-state index contributed by atoms with van der Waals surface area (Å²) in [6.07, 6.45) is 0. The first-order chi connectivity index (χ1) is 23.4. The van der Waals surface area contributed by atoms with Gasteiger partial charge in [0.2, 0.25) is 5.13 Å². The fourth-order valence-corrected chi connectivity index (χ4v) is 7.17. The number of aliphatic hydroxyl groups is 1. The van der Waals surface area contributed by atoms with Crippen LogP contribution in [0.5, 0.6) is 17.2 Å². The Morgan fingerprint density at radius 3 is 2.40 bits per heavy atom. The monoisotopic (exact) mass is 679 g/mol. The van der Waals surface area contributed by atoms with Gasteiger partial charge in [-0.05, 0) is 72.5 Å². The molecule has 9 nitrogen and oxygen atoms in total. The standard InChI is InChI=1S/C37H33N3O6S2/c1-4-45-29-19-16-26(20-30(29)44-3)32-31(33(41)25-14-17-28(18-15-25)46-21-27-13-9-8-10-23(27)2)34(42)35(43)40(32)36-38-39-37(48-36)47-22-24-11-6-5-7-12-24/h5-20,32,41H,4,21-22H2,1-3H3. The number of thioether (sulfide) groups is 1. The minimum absolute atomic E-state index is 0.0755. The maximum absolute atomic E-state index is 13.7. The minimum atomic E-state index is -1.01. The van der Waals surface area contributed by atoms with Crippen LogP contribution in [0.4, 0.5) is 5.13 Å². The number of ether oxygens (including phenoxy) is 3. The van der Waals surface area contributed by atoms with Crippen LogP contribution >= 0.6 is 23.1 Å². The molecule has 11 heteroatoms. The number of Topliss-reactive ketones (excluding diaryl/α,β-unsaturated/α-hetero) is 1. The first-order valence-electron chi connectivity index (χ1n) is 15.3. The highest BCUT2D eigenvalue weighted by molar-refractivity contribution is 8.00. The molecular formula is C37H33N3O6S2.